The monoisotopic (exact) mass is 334 g/mol. The van der Waals surface area contributed by atoms with Gasteiger partial charge in [-0.25, -0.2) is 4.98 Å². The number of aromatic nitrogens is 1. The second-order valence-electron chi connectivity index (χ2n) is 4.43. The van der Waals surface area contributed by atoms with E-state index in [1.807, 2.05) is 0 Å². The van der Waals surface area contributed by atoms with Crippen LogP contribution in [0.1, 0.15) is 24.1 Å². The molecule has 2 aromatic rings. The number of benzene rings is 1. The fourth-order valence-corrected chi connectivity index (χ4v) is 2.46. The maximum atomic E-state index is 12.9. The topological polar surface area (TPSA) is 24.9 Å². The summed E-state index contributed by atoms with van der Waals surface area (Å²) in [7, 11) is 0. The maximum Gasteiger partial charge on any atom is 0.419 e. The van der Waals surface area contributed by atoms with Crippen LogP contribution in [0, 0.1) is 0 Å². The largest absolute Gasteiger partial charge is 0.419 e. The molecule has 2 rings (SSSR count). The second-order valence-corrected chi connectivity index (χ2v) is 5.27. The number of hydrogen-bond acceptors (Lipinski definition) is 2. The first-order valence-corrected chi connectivity index (χ1v) is 6.78. The molecular weight excluding hydrogens is 324 g/mol. The van der Waals surface area contributed by atoms with Gasteiger partial charge in [-0.05, 0) is 36.8 Å². The Bertz CT molecular complexity index is 644. The van der Waals surface area contributed by atoms with Crippen LogP contribution in [0.3, 0.4) is 0 Å². The van der Waals surface area contributed by atoms with E-state index in [4.69, 9.17) is 23.2 Å². The Hall–Kier alpha value is -1.46. The molecule has 0 amide bonds. The molecule has 2 nitrogen and oxygen atoms in total. The minimum atomic E-state index is -4.47. The van der Waals surface area contributed by atoms with Crippen LogP contribution in [0.4, 0.5) is 19.0 Å². The quantitative estimate of drug-likeness (QED) is 0.792. The highest BCUT2D eigenvalue weighted by Gasteiger charge is 2.34. The summed E-state index contributed by atoms with van der Waals surface area (Å²) in [6, 6.07) is 6.60. The van der Waals surface area contributed by atoms with Gasteiger partial charge in [-0.3, -0.25) is 0 Å². The molecule has 1 N–H and O–H groups in total. The van der Waals surface area contributed by atoms with Crippen LogP contribution in [0.15, 0.2) is 36.5 Å². The first kappa shape index (κ1) is 15.9. The second kappa shape index (κ2) is 6.12. The third-order valence-corrected chi connectivity index (χ3v) is 3.46. The molecule has 112 valence electrons. The van der Waals surface area contributed by atoms with Gasteiger partial charge in [0.15, 0.2) is 0 Å². The minimum absolute atomic E-state index is 0.233. The fourth-order valence-electron chi connectivity index (χ4n) is 1.88. The van der Waals surface area contributed by atoms with Crippen molar-refractivity contribution in [3.05, 3.63) is 57.7 Å². The predicted molar refractivity (Wildman–Crippen MR) is 77.7 cm³/mol. The van der Waals surface area contributed by atoms with E-state index in [9.17, 15) is 13.2 Å². The zero-order valence-electron chi connectivity index (χ0n) is 10.9. The van der Waals surface area contributed by atoms with Crippen molar-refractivity contribution in [3.63, 3.8) is 0 Å². The van der Waals surface area contributed by atoms with E-state index in [1.165, 1.54) is 12.3 Å². The summed E-state index contributed by atoms with van der Waals surface area (Å²) in [5.41, 5.74) is -0.179. The molecule has 0 spiro atoms. The van der Waals surface area contributed by atoms with Gasteiger partial charge < -0.3 is 5.32 Å². The van der Waals surface area contributed by atoms with Crippen molar-refractivity contribution in [2.45, 2.75) is 19.1 Å². The highest BCUT2D eigenvalue weighted by molar-refractivity contribution is 6.35. The van der Waals surface area contributed by atoms with E-state index in [0.717, 1.165) is 6.07 Å². The Morgan fingerprint density at radius 3 is 2.52 bits per heavy atom. The van der Waals surface area contributed by atoms with Gasteiger partial charge in [0.1, 0.15) is 5.82 Å². The molecule has 0 saturated heterocycles. The summed E-state index contributed by atoms with van der Waals surface area (Å²) in [5, 5.41) is 3.58. The number of alkyl halides is 3. The van der Waals surface area contributed by atoms with Gasteiger partial charge in [0.2, 0.25) is 0 Å². The lowest BCUT2D eigenvalue weighted by Gasteiger charge is -2.19. The van der Waals surface area contributed by atoms with Gasteiger partial charge in [0.25, 0.3) is 0 Å². The molecule has 1 unspecified atom stereocenters. The lowest BCUT2D eigenvalue weighted by molar-refractivity contribution is -0.137. The van der Waals surface area contributed by atoms with Crippen molar-refractivity contribution in [2.24, 2.45) is 0 Å². The molecule has 0 saturated carbocycles. The molecule has 0 radical (unpaired) electrons. The zero-order valence-corrected chi connectivity index (χ0v) is 12.4. The molecule has 0 aliphatic rings. The van der Waals surface area contributed by atoms with Gasteiger partial charge in [-0.15, -0.1) is 0 Å². The SMILES string of the molecule is CC(Nc1ncccc1C(F)(F)F)c1ccc(Cl)cc1Cl. The maximum absolute atomic E-state index is 12.9. The van der Waals surface area contributed by atoms with Crippen LogP contribution < -0.4 is 5.32 Å². The number of rotatable bonds is 3. The van der Waals surface area contributed by atoms with Gasteiger partial charge in [0.05, 0.1) is 11.6 Å². The van der Waals surface area contributed by atoms with E-state index < -0.39 is 17.8 Å². The first-order chi connectivity index (χ1) is 9.79. The van der Waals surface area contributed by atoms with E-state index in [2.05, 4.69) is 10.3 Å². The average molecular weight is 335 g/mol. The molecule has 1 aromatic carbocycles. The van der Waals surface area contributed by atoms with E-state index in [-0.39, 0.29) is 5.82 Å². The summed E-state index contributed by atoms with van der Waals surface area (Å²) in [4.78, 5) is 3.76. The number of nitrogens with zero attached hydrogens (tertiary/aromatic N) is 1. The minimum Gasteiger partial charge on any atom is -0.363 e. The highest BCUT2D eigenvalue weighted by Crippen LogP contribution is 2.35. The molecule has 1 atom stereocenters. The average Bonchev–Trinajstić information content (AvgIpc) is 2.37. The summed E-state index contributed by atoms with van der Waals surface area (Å²) >= 11 is 11.9. The Kier molecular flexibility index (Phi) is 4.64. The Labute approximate surface area is 129 Å². The number of halogens is 5. The zero-order chi connectivity index (χ0) is 15.6. The summed E-state index contributed by atoms with van der Waals surface area (Å²) in [5.74, 6) is -0.233. The molecular formula is C14H11Cl2F3N2. The van der Waals surface area contributed by atoms with E-state index in [1.54, 1.807) is 25.1 Å². The highest BCUT2D eigenvalue weighted by atomic mass is 35.5. The van der Waals surface area contributed by atoms with Crippen molar-refractivity contribution in [3.8, 4) is 0 Å². The number of hydrogen-bond donors (Lipinski definition) is 1. The van der Waals surface area contributed by atoms with Crippen LogP contribution in [0.2, 0.25) is 10.0 Å². The fraction of sp³-hybridized carbons (Fsp3) is 0.214. The van der Waals surface area contributed by atoms with Crippen LogP contribution >= 0.6 is 23.2 Å². The van der Waals surface area contributed by atoms with E-state index >= 15 is 0 Å². The molecule has 21 heavy (non-hydrogen) atoms. The van der Waals surface area contributed by atoms with Gasteiger partial charge >= 0.3 is 6.18 Å². The van der Waals surface area contributed by atoms with Gasteiger partial charge in [0, 0.05) is 16.2 Å². The van der Waals surface area contributed by atoms with Crippen molar-refractivity contribution < 1.29 is 13.2 Å². The molecule has 0 aliphatic carbocycles. The number of pyridine rings is 1. The number of nitrogens with one attached hydrogen (secondary N) is 1. The van der Waals surface area contributed by atoms with Crippen LogP contribution in [-0.4, -0.2) is 4.98 Å². The number of anilines is 1. The molecule has 1 heterocycles. The third-order valence-electron chi connectivity index (χ3n) is 2.90. The summed E-state index contributed by atoms with van der Waals surface area (Å²) in [6.07, 6.45) is -3.17. The lowest BCUT2D eigenvalue weighted by atomic mass is 10.1. The standard InChI is InChI=1S/C14H11Cl2F3N2/c1-8(10-5-4-9(15)7-12(10)16)21-13-11(14(17,18)19)3-2-6-20-13/h2-8H,1H3,(H,20,21). The van der Waals surface area contributed by atoms with Crippen LogP contribution in [-0.2, 0) is 6.18 Å². The molecule has 7 heteroatoms. The molecule has 0 fully saturated rings. The smallest absolute Gasteiger partial charge is 0.363 e. The van der Waals surface area contributed by atoms with Crippen molar-refractivity contribution >= 4 is 29.0 Å². The Morgan fingerprint density at radius 1 is 1.19 bits per heavy atom. The summed E-state index contributed by atoms with van der Waals surface area (Å²) in [6.45, 7) is 1.70. The third kappa shape index (κ3) is 3.80. The molecule has 0 bridgehead atoms. The molecule has 0 aliphatic heterocycles. The predicted octanol–water partition coefficient (Wildman–Crippen LogP) is 5.58. The molecule has 1 aromatic heterocycles. The van der Waals surface area contributed by atoms with Crippen molar-refractivity contribution in [1.29, 1.82) is 0 Å². The van der Waals surface area contributed by atoms with Crippen LogP contribution in [0.25, 0.3) is 0 Å². The van der Waals surface area contributed by atoms with Crippen molar-refractivity contribution in [1.82, 2.24) is 4.98 Å². The van der Waals surface area contributed by atoms with Crippen LogP contribution in [0.5, 0.6) is 0 Å². The Balaban J connectivity index is 2.30. The normalized spacial score (nSPS) is 13.0. The first-order valence-electron chi connectivity index (χ1n) is 6.02. The van der Waals surface area contributed by atoms with E-state index in [0.29, 0.717) is 15.6 Å². The van der Waals surface area contributed by atoms with Crippen molar-refractivity contribution in [2.75, 3.05) is 5.32 Å². The summed E-state index contributed by atoms with van der Waals surface area (Å²) < 4.78 is 38.7. The lowest BCUT2D eigenvalue weighted by Crippen LogP contribution is -2.15. The van der Waals surface area contributed by atoms with Gasteiger partial charge in [-0.2, -0.15) is 13.2 Å². The van der Waals surface area contributed by atoms with Gasteiger partial charge in [-0.1, -0.05) is 29.3 Å². The Morgan fingerprint density at radius 2 is 1.90 bits per heavy atom.